The normalized spacial score (nSPS) is 18.5. The summed E-state index contributed by atoms with van der Waals surface area (Å²) < 4.78 is 29.4. The fourth-order valence-corrected chi connectivity index (χ4v) is 4.87. The Balaban J connectivity index is 1.78. The molecule has 2 aromatic rings. The fraction of sp³-hybridized carbons (Fsp3) is 0.316. The van der Waals surface area contributed by atoms with Gasteiger partial charge in [0.2, 0.25) is 0 Å². The van der Waals surface area contributed by atoms with E-state index in [0.717, 1.165) is 5.56 Å². The standard InChI is InChI=1S/C19H20ClNO4S/c1-14-11-17(7-8-18(14)20)25-12-19(22)21(15-5-3-2-4-6-15)16-9-10-26(23,24)13-16/h2-8,11,16H,9-10,12-13H2,1H3/t16-/m1/s1. The Bertz CT molecular complexity index is 899. The third-order valence-electron chi connectivity index (χ3n) is 4.37. The highest BCUT2D eigenvalue weighted by Crippen LogP contribution is 2.25. The van der Waals surface area contributed by atoms with Gasteiger partial charge < -0.3 is 9.64 Å². The molecule has 7 heteroatoms. The molecule has 0 radical (unpaired) electrons. The average Bonchev–Trinajstić information content (AvgIpc) is 2.96. The van der Waals surface area contributed by atoms with Gasteiger partial charge in [0.05, 0.1) is 17.5 Å². The van der Waals surface area contributed by atoms with Crippen LogP contribution < -0.4 is 9.64 Å². The molecule has 0 N–H and O–H groups in total. The van der Waals surface area contributed by atoms with E-state index in [4.69, 9.17) is 16.3 Å². The molecule has 0 aliphatic carbocycles. The molecular formula is C19H20ClNO4S. The van der Waals surface area contributed by atoms with Crippen molar-refractivity contribution >= 4 is 33.0 Å². The van der Waals surface area contributed by atoms with Crippen LogP contribution in [-0.4, -0.2) is 38.5 Å². The Hall–Kier alpha value is -2.05. The molecular weight excluding hydrogens is 374 g/mol. The highest BCUT2D eigenvalue weighted by Gasteiger charge is 2.35. The first-order chi connectivity index (χ1) is 12.4. The van der Waals surface area contributed by atoms with E-state index in [9.17, 15) is 13.2 Å². The number of sulfone groups is 1. The van der Waals surface area contributed by atoms with Crippen LogP contribution in [0.2, 0.25) is 5.02 Å². The van der Waals surface area contributed by atoms with Crippen LogP contribution >= 0.6 is 11.6 Å². The van der Waals surface area contributed by atoms with Crippen molar-refractivity contribution in [3.8, 4) is 5.75 Å². The van der Waals surface area contributed by atoms with Crippen LogP contribution in [0.4, 0.5) is 5.69 Å². The quantitative estimate of drug-likeness (QED) is 0.782. The number of benzene rings is 2. The SMILES string of the molecule is Cc1cc(OCC(=O)N(c2ccccc2)[C@@H]2CCS(=O)(=O)C2)ccc1Cl. The Labute approximate surface area is 158 Å². The summed E-state index contributed by atoms with van der Waals surface area (Å²) in [6.07, 6.45) is 0.434. The van der Waals surface area contributed by atoms with E-state index in [2.05, 4.69) is 0 Å². The summed E-state index contributed by atoms with van der Waals surface area (Å²) in [4.78, 5) is 14.4. The molecule has 1 fully saturated rings. The van der Waals surface area contributed by atoms with Crippen LogP contribution in [0.25, 0.3) is 0 Å². The maximum Gasteiger partial charge on any atom is 0.265 e. The molecule has 0 saturated carbocycles. The van der Waals surface area contributed by atoms with E-state index in [1.54, 1.807) is 35.2 Å². The van der Waals surface area contributed by atoms with Gasteiger partial charge in [0.15, 0.2) is 16.4 Å². The van der Waals surface area contributed by atoms with Gasteiger partial charge in [-0.15, -0.1) is 0 Å². The van der Waals surface area contributed by atoms with Gasteiger partial charge in [0.25, 0.3) is 5.91 Å². The molecule has 0 spiro atoms. The summed E-state index contributed by atoms with van der Waals surface area (Å²) in [6.45, 7) is 1.68. The molecule has 1 amide bonds. The van der Waals surface area contributed by atoms with Crippen LogP contribution in [0.15, 0.2) is 48.5 Å². The molecule has 26 heavy (non-hydrogen) atoms. The second-order valence-electron chi connectivity index (χ2n) is 6.36. The minimum atomic E-state index is -3.11. The van der Waals surface area contributed by atoms with Crippen molar-refractivity contribution < 1.29 is 17.9 Å². The van der Waals surface area contributed by atoms with Crippen LogP contribution in [0.3, 0.4) is 0 Å². The number of rotatable bonds is 5. The molecule has 1 aliphatic heterocycles. The Kier molecular flexibility index (Phi) is 5.53. The molecule has 5 nitrogen and oxygen atoms in total. The summed E-state index contributed by atoms with van der Waals surface area (Å²) in [5, 5.41) is 0.630. The maximum absolute atomic E-state index is 12.8. The number of anilines is 1. The number of para-hydroxylation sites is 1. The number of amides is 1. The summed E-state index contributed by atoms with van der Waals surface area (Å²) in [7, 11) is -3.11. The van der Waals surface area contributed by atoms with Crippen molar-refractivity contribution in [3.05, 3.63) is 59.1 Å². The lowest BCUT2D eigenvalue weighted by Crippen LogP contribution is -2.43. The number of aryl methyl sites for hydroxylation is 1. The zero-order chi connectivity index (χ0) is 18.7. The molecule has 138 valence electrons. The molecule has 3 rings (SSSR count). The van der Waals surface area contributed by atoms with E-state index in [0.29, 0.717) is 22.9 Å². The first-order valence-electron chi connectivity index (χ1n) is 8.32. The van der Waals surface area contributed by atoms with Gasteiger partial charge in [-0.05, 0) is 49.2 Å². The van der Waals surface area contributed by atoms with E-state index >= 15 is 0 Å². The topological polar surface area (TPSA) is 63.7 Å². The van der Waals surface area contributed by atoms with Crippen LogP contribution in [0.5, 0.6) is 5.75 Å². The van der Waals surface area contributed by atoms with Gasteiger partial charge in [-0.25, -0.2) is 8.42 Å². The molecule has 1 atom stereocenters. The van der Waals surface area contributed by atoms with Crippen molar-refractivity contribution in [2.45, 2.75) is 19.4 Å². The number of nitrogens with zero attached hydrogens (tertiary/aromatic N) is 1. The minimum Gasteiger partial charge on any atom is -0.484 e. The average molecular weight is 394 g/mol. The molecule has 0 aromatic heterocycles. The molecule has 1 heterocycles. The third kappa shape index (κ3) is 4.37. The molecule has 2 aromatic carbocycles. The Morgan fingerprint density at radius 3 is 2.58 bits per heavy atom. The van der Waals surface area contributed by atoms with Gasteiger partial charge in [-0.1, -0.05) is 29.8 Å². The fourth-order valence-electron chi connectivity index (χ4n) is 3.05. The number of carbonyl (C=O) groups excluding carboxylic acids is 1. The van der Waals surface area contributed by atoms with Gasteiger partial charge in [-0.3, -0.25) is 4.79 Å². The van der Waals surface area contributed by atoms with Crippen molar-refractivity contribution in [3.63, 3.8) is 0 Å². The maximum atomic E-state index is 12.8. The molecule has 0 bridgehead atoms. The van der Waals surface area contributed by atoms with Gasteiger partial charge >= 0.3 is 0 Å². The highest BCUT2D eigenvalue weighted by molar-refractivity contribution is 7.91. The number of carbonyl (C=O) groups is 1. The second-order valence-corrected chi connectivity index (χ2v) is 8.99. The lowest BCUT2D eigenvalue weighted by atomic mass is 10.2. The van der Waals surface area contributed by atoms with Crippen LogP contribution in [-0.2, 0) is 14.6 Å². The number of hydrogen-bond acceptors (Lipinski definition) is 4. The molecule has 1 aliphatic rings. The van der Waals surface area contributed by atoms with E-state index in [1.165, 1.54) is 0 Å². The minimum absolute atomic E-state index is 0.0202. The van der Waals surface area contributed by atoms with Crippen LogP contribution in [0.1, 0.15) is 12.0 Å². The first-order valence-corrected chi connectivity index (χ1v) is 10.5. The van der Waals surface area contributed by atoms with Crippen molar-refractivity contribution in [2.75, 3.05) is 23.0 Å². The van der Waals surface area contributed by atoms with E-state index in [1.807, 2.05) is 25.1 Å². The number of halogens is 1. The largest absolute Gasteiger partial charge is 0.484 e. The summed E-state index contributed by atoms with van der Waals surface area (Å²) in [5.74, 6) is 0.359. The Morgan fingerprint density at radius 1 is 1.23 bits per heavy atom. The monoisotopic (exact) mass is 393 g/mol. The predicted molar refractivity (Wildman–Crippen MR) is 103 cm³/mol. The number of hydrogen-bond donors (Lipinski definition) is 0. The van der Waals surface area contributed by atoms with E-state index < -0.39 is 9.84 Å². The number of ether oxygens (including phenoxy) is 1. The molecule has 1 saturated heterocycles. The summed E-state index contributed by atoms with van der Waals surface area (Å²) in [6, 6.07) is 13.9. The lowest BCUT2D eigenvalue weighted by Gasteiger charge is -2.28. The zero-order valence-corrected chi connectivity index (χ0v) is 16.0. The highest BCUT2D eigenvalue weighted by atomic mass is 35.5. The third-order valence-corrected chi connectivity index (χ3v) is 6.54. The smallest absolute Gasteiger partial charge is 0.265 e. The predicted octanol–water partition coefficient (Wildman–Crippen LogP) is 3.25. The van der Waals surface area contributed by atoms with Crippen molar-refractivity contribution in [1.82, 2.24) is 0 Å². The van der Waals surface area contributed by atoms with Gasteiger partial charge in [-0.2, -0.15) is 0 Å². The van der Waals surface area contributed by atoms with Gasteiger partial charge in [0, 0.05) is 10.7 Å². The van der Waals surface area contributed by atoms with E-state index in [-0.39, 0.29) is 30.1 Å². The van der Waals surface area contributed by atoms with Gasteiger partial charge in [0.1, 0.15) is 5.75 Å². The first kappa shape index (κ1) is 18.7. The van der Waals surface area contributed by atoms with Crippen molar-refractivity contribution in [1.29, 1.82) is 0 Å². The Morgan fingerprint density at radius 2 is 1.96 bits per heavy atom. The van der Waals surface area contributed by atoms with Crippen LogP contribution in [0, 0.1) is 6.92 Å². The summed E-state index contributed by atoms with van der Waals surface area (Å²) in [5.41, 5.74) is 1.54. The molecule has 0 unspecified atom stereocenters. The lowest BCUT2D eigenvalue weighted by molar-refractivity contribution is -0.121. The van der Waals surface area contributed by atoms with Crippen molar-refractivity contribution in [2.24, 2.45) is 0 Å². The second kappa shape index (κ2) is 7.68. The zero-order valence-electron chi connectivity index (χ0n) is 14.4. The summed E-state index contributed by atoms with van der Waals surface area (Å²) >= 11 is 6.00.